The summed E-state index contributed by atoms with van der Waals surface area (Å²) in [4.78, 5) is 2.30. The molecular formula is C9H16N4. The highest BCUT2D eigenvalue weighted by Gasteiger charge is 2.25. The molecule has 0 saturated carbocycles. The monoisotopic (exact) mass is 180 g/mol. The SMILES string of the molecule is CNCc1cnn(C2CN(C)C2)c1. The van der Waals surface area contributed by atoms with Gasteiger partial charge in [0.2, 0.25) is 0 Å². The average molecular weight is 180 g/mol. The van der Waals surface area contributed by atoms with E-state index in [0.717, 1.165) is 19.6 Å². The second-order valence-electron chi connectivity index (χ2n) is 3.73. The molecule has 1 aromatic rings. The zero-order valence-corrected chi connectivity index (χ0v) is 8.20. The lowest BCUT2D eigenvalue weighted by Crippen LogP contribution is -2.45. The van der Waals surface area contributed by atoms with Crippen LogP contribution in [0.2, 0.25) is 0 Å². The van der Waals surface area contributed by atoms with Crippen molar-refractivity contribution in [3.8, 4) is 0 Å². The van der Waals surface area contributed by atoms with Gasteiger partial charge in [0.25, 0.3) is 0 Å². The first-order valence-corrected chi connectivity index (χ1v) is 4.66. The fraction of sp³-hybridized carbons (Fsp3) is 0.667. The first-order valence-electron chi connectivity index (χ1n) is 4.66. The Morgan fingerprint density at radius 1 is 1.62 bits per heavy atom. The van der Waals surface area contributed by atoms with Crippen molar-refractivity contribution in [2.75, 3.05) is 27.2 Å². The molecule has 0 aliphatic carbocycles. The highest BCUT2D eigenvalue weighted by Crippen LogP contribution is 2.18. The zero-order valence-electron chi connectivity index (χ0n) is 8.20. The number of hydrogen-bond acceptors (Lipinski definition) is 3. The Balaban J connectivity index is 1.97. The van der Waals surface area contributed by atoms with Crippen LogP contribution in [0.1, 0.15) is 11.6 Å². The molecule has 0 amide bonds. The summed E-state index contributed by atoms with van der Waals surface area (Å²) in [5.41, 5.74) is 1.26. The van der Waals surface area contributed by atoms with Gasteiger partial charge in [-0.1, -0.05) is 0 Å². The van der Waals surface area contributed by atoms with E-state index >= 15 is 0 Å². The van der Waals surface area contributed by atoms with Crippen LogP contribution in [0.3, 0.4) is 0 Å². The van der Waals surface area contributed by atoms with Crippen LogP contribution < -0.4 is 5.32 Å². The smallest absolute Gasteiger partial charge is 0.0772 e. The van der Waals surface area contributed by atoms with Gasteiger partial charge in [-0.25, -0.2) is 0 Å². The Bertz CT molecular complexity index is 275. The number of nitrogens with zero attached hydrogens (tertiary/aromatic N) is 3. The molecule has 0 aromatic carbocycles. The molecule has 1 saturated heterocycles. The lowest BCUT2D eigenvalue weighted by molar-refractivity contribution is 0.130. The molecule has 1 N–H and O–H groups in total. The van der Waals surface area contributed by atoms with E-state index < -0.39 is 0 Å². The lowest BCUT2D eigenvalue weighted by Gasteiger charge is -2.36. The van der Waals surface area contributed by atoms with Gasteiger partial charge in [-0.2, -0.15) is 5.10 Å². The van der Waals surface area contributed by atoms with Crippen LogP contribution in [0.15, 0.2) is 12.4 Å². The molecule has 0 bridgehead atoms. The summed E-state index contributed by atoms with van der Waals surface area (Å²) in [5, 5.41) is 7.46. The van der Waals surface area contributed by atoms with Gasteiger partial charge in [0.05, 0.1) is 12.2 Å². The maximum absolute atomic E-state index is 4.34. The Hall–Kier alpha value is -0.870. The quantitative estimate of drug-likeness (QED) is 0.715. The number of likely N-dealkylation sites (tertiary alicyclic amines) is 1. The lowest BCUT2D eigenvalue weighted by atomic mass is 10.1. The third kappa shape index (κ3) is 1.73. The van der Waals surface area contributed by atoms with E-state index in [0.29, 0.717) is 6.04 Å². The van der Waals surface area contributed by atoms with Gasteiger partial charge in [0.1, 0.15) is 0 Å². The Morgan fingerprint density at radius 3 is 3.00 bits per heavy atom. The summed E-state index contributed by atoms with van der Waals surface area (Å²) in [6.07, 6.45) is 4.07. The molecule has 4 nitrogen and oxygen atoms in total. The Morgan fingerprint density at radius 2 is 2.38 bits per heavy atom. The van der Waals surface area contributed by atoms with E-state index in [1.807, 2.05) is 13.2 Å². The molecule has 0 radical (unpaired) electrons. The van der Waals surface area contributed by atoms with Gasteiger partial charge in [-0.05, 0) is 14.1 Å². The van der Waals surface area contributed by atoms with Crippen molar-refractivity contribution >= 4 is 0 Å². The summed E-state index contributed by atoms with van der Waals surface area (Å²) < 4.78 is 2.08. The number of rotatable bonds is 3. The fourth-order valence-corrected chi connectivity index (χ4v) is 1.71. The molecule has 0 spiro atoms. The van der Waals surface area contributed by atoms with Crippen molar-refractivity contribution in [2.24, 2.45) is 0 Å². The number of likely N-dealkylation sites (N-methyl/N-ethyl adjacent to an activating group) is 1. The summed E-state index contributed by atoms with van der Waals surface area (Å²) in [6, 6.07) is 0.593. The van der Waals surface area contributed by atoms with Crippen LogP contribution in [0.25, 0.3) is 0 Å². The van der Waals surface area contributed by atoms with Crippen molar-refractivity contribution in [1.82, 2.24) is 20.0 Å². The largest absolute Gasteiger partial charge is 0.316 e. The average Bonchev–Trinajstić information content (AvgIpc) is 2.48. The molecule has 72 valence electrons. The summed E-state index contributed by atoms with van der Waals surface area (Å²) in [7, 11) is 4.09. The normalized spacial score (nSPS) is 18.9. The van der Waals surface area contributed by atoms with E-state index in [9.17, 15) is 0 Å². The van der Waals surface area contributed by atoms with Crippen LogP contribution in [0.4, 0.5) is 0 Å². The molecule has 0 unspecified atom stereocenters. The summed E-state index contributed by atoms with van der Waals surface area (Å²) in [5.74, 6) is 0. The van der Waals surface area contributed by atoms with E-state index in [1.165, 1.54) is 5.56 Å². The van der Waals surface area contributed by atoms with Gasteiger partial charge in [-0.3, -0.25) is 4.68 Å². The fourth-order valence-electron chi connectivity index (χ4n) is 1.71. The molecule has 2 rings (SSSR count). The second-order valence-corrected chi connectivity index (χ2v) is 3.73. The third-order valence-electron chi connectivity index (χ3n) is 2.45. The van der Waals surface area contributed by atoms with Crippen molar-refractivity contribution in [3.63, 3.8) is 0 Å². The van der Waals surface area contributed by atoms with Gasteiger partial charge >= 0.3 is 0 Å². The molecule has 0 atom stereocenters. The molecule has 1 aromatic heterocycles. The topological polar surface area (TPSA) is 33.1 Å². The van der Waals surface area contributed by atoms with E-state index in [-0.39, 0.29) is 0 Å². The third-order valence-corrected chi connectivity index (χ3v) is 2.45. The standard InChI is InChI=1S/C9H16N4/c1-10-3-8-4-11-13(5-8)9-6-12(2)7-9/h4-5,9-10H,3,6-7H2,1-2H3. The first kappa shape index (κ1) is 8.72. The van der Waals surface area contributed by atoms with Crippen molar-refractivity contribution in [3.05, 3.63) is 18.0 Å². The number of aromatic nitrogens is 2. The summed E-state index contributed by atoms with van der Waals surface area (Å²) >= 11 is 0. The predicted octanol–water partition coefficient (Wildman–Crippen LogP) is 0.0890. The molecule has 1 fully saturated rings. The van der Waals surface area contributed by atoms with E-state index in [2.05, 4.69) is 33.2 Å². The van der Waals surface area contributed by atoms with E-state index in [4.69, 9.17) is 0 Å². The van der Waals surface area contributed by atoms with Gasteiger partial charge < -0.3 is 10.2 Å². The molecule has 4 heteroatoms. The Kier molecular flexibility index (Phi) is 2.33. The highest BCUT2D eigenvalue weighted by molar-refractivity contribution is 5.04. The van der Waals surface area contributed by atoms with Crippen LogP contribution in [0.5, 0.6) is 0 Å². The van der Waals surface area contributed by atoms with Crippen molar-refractivity contribution in [1.29, 1.82) is 0 Å². The van der Waals surface area contributed by atoms with Crippen molar-refractivity contribution < 1.29 is 0 Å². The number of nitrogens with one attached hydrogen (secondary N) is 1. The zero-order chi connectivity index (χ0) is 9.26. The molecule has 1 aliphatic rings. The first-order chi connectivity index (χ1) is 6.29. The van der Waals surface area contributed by atoms with Crippen molar-refractivity contribution in [2.45, 2.75) is 12.6 Å². The van der Waals surface area contributed by atoms with E-state index in [1.54, 1.807) is 0 Å². The molecular weight excluding hydrogens is 164 g/mol. The summed E-state index contributed by atoms with van der Waals surface area (Å²) in [6.45, 7) is 3.16. The minimum absolute atomic E-state index is 0.593. The minimum Gasteiger partial charge on any atom is -0.316 e. The maximum atomic E-state index is 4.34. The number of hydrogen-bond donors (Lipinski definition) is 1. The maximum Gasteiger partial charge on any atom is 0.0772 e. The van der Waals surface area contributed by atoms with Crippen LogP contribution in [0, 0.1) is 0 Å². The van der Waals surface area contributed by atoms with Gasteiger partial charge in [-0.15, -0.1) is 0 Å². The minimum atomic E-state index is 0.593. The van der Waals surface area contributed by atoms with Gasteiger partial charge in [0, 0.05) is 31.4 Å². The Labute approximate surface area is 78.5 Å². The molecule has 2 heterocycles. The van der Waals surface area contributed by atoms with Crippen LogP contribution in [-0.2, 0) is 6.54 Å². The van der Waals surface area contributed by atoms with Crippen LogP contribution in [-0.4, -0.2) is 41.9 Å². The van der Waals surface area contributed by atoms with Crippen LogP contribution >= 0.6 is 0 Å². The predicted molar refractivity (Wildman–Crippen MR) is 51.5 cm³/mol. The highest BCUT2D eigenvalue weighted by atomic mass is 15.4. The van der Waals surface area contributed by atoms with Gasteiger partial charge in [0.15, 0.2) is 0 Å². The molecule has 13 heavy (non-hydrogen) atoms. The second kappa shape index (κ2) is 3.47. The molecule has 1 aliphatic heterocycles.